The van der Waals surface area contributed by atoms with Crippen LogP contribution in [-0.2, 0) is 11.2 Å². The smallest absolute Gasteiger partial charge is 0.251 e. The van der Waals surface area contributed by atoms with Crippen molar-refractivity contribution in [3.63, 3.8) is 0 Å². The summed E-state index contributed by atoms with van der Waals surface area (Å²) in [5.74, 6) is -2.30. The van der Waals surface area contributed by atoms with Crippen molar-refractivity contribution in [2.45, 2.75) is 6.42 Å². The number of halogens is 4. The molecule has 0 saturated carbocycles. The van der Waals surface area contributed by atoms with Gasteiger partial charge in [-0.1, -0.05) is 29.3 Å². The lowest BCUT2D eigenvalue weighted by Crippen LogP contribution is -2.37. The zero-order valence-electron chi connectivity index (χ0n) is 12.9. The molecule has 132 valence electrons. The average Bonchev–Trinajstić information content (AvgIpc) is 2.57. The van der Waals surface area contributed by atoms with Gasteiger partial charge in [0.05, 0.1) is 16.6 Å². The average molecular weight is 387 g/mol. The van der Waals surface area contributed by atoms with Gasteiger partial charge in [-0.15, -0.1) is 0 Å². The Morgan fingerprint density at radius 3 is 2.28 bits per heavy atom. The van der Waals surface area contributed by atoms with Crippen LogP contribution in [0.2, 0.25) is 10.0 Å². The maximum absolute atomic E-state index is 13.4. The number of rotatable bonds is 6. The predicted octanol–water partition coefficient (Wildman–Crippen LogP) is 3.36. The number of benzene rings is 2. The maximum Gasteiger partial charge on any atom is 0.251 e. The fourth-order valence-electron chi connectivity index (χ4n) is 2.06. The Labute approximate surface area is 153 Å². The van der Waals surface area contributed by atoms with E-state index in [9.17, 15) is 18.4 Å². The highest BCUT2D eigenvalue weighted by atomic mass is 35.5. The largest absolute Gasteiger partial charge is 0.354 e. The molecule has 0 aliphatic rings. The van der Waals surface area contributed by atoms with Crippen LogP contribution >= 0.6 is 23.2 Å². The van der Waals surface area contributed by atoms with Crippen molar-refractivity contribution in [1.29, 1.82) is 0 Å². The summed E-state index contributed by atoms with van der Waals surface area (Å²) in [5.41, 5.74) is 0.165. The summed E-state index contributed by atoms with van der Waals surface area (Å²) in [6.45, 7) is -0.238. The molecule has 0 aromatic heterocycles. The third kappa shape index (κ3) is 5.41. The SMILES string of the molecule is O=C(CNC(=O)c1ccc(Cl)c(Cl)c1)NCCc1c(F)cccc1F. The fraction of sp³-hybridized carbons (Fsp3) is 0.176. The van der Waals surface area contributed by atoms with Crippen LogP contribution in [0.3, 0.4) is 0 Å². The predicted molar refractivity (Wildman–Crippen MR) is 91.9 cm³/mol. The van der Waals surface area contributed by atoms with E-state index >= 15 is 0 Å². The Balaban J connectivity index is 1.79. The van der Waals surface area contributed by atoms with Crippen LogP contribution in [0.15, 0.2) is 36.4 Å². The fourth-order valence-corrected chi connectivity index (χ4v) is 2.36. The molecule has 0 heterocycles. The minimum Gasteiger partial charge on any atom is -0.354 e. The Morgan fingerprint density at radius 1 is 0.960 bits per heavy atom. The van der Waals surface area contributed by atoms with E-state index in [0.29, 0.717) is 5.02 Å². The van der Waals surface area contributed by atoms with Gasteiger partial charge in [0.25, 0.3) is 5.91 Å². The van der Waals surface area contributed by atoms with Gasteiger partial charge in [0, 0.05) is 17.7 Å². The lowest BCUT2D eigenvalue weighted by molar-refractivity contribution is -0.120. The van der Waals surface area contributed by atoms with Gasteiger partial charge in [0.1, 0.15) is 11.6 Å². The molecule has 2 amide bonds. The van der Waals surface area contributed by atoms with E-state index in [4.69, 9.17) is 23.2 Å². The molecule has 0 aliphatic carbocycles. The van der Waals surface area contributed by atoms with Gasteiger partial charge in [0.15, 0.2) is 0 Å². The molecule has 0 radical (unpaired) electrons. The molecule has 0 saturated heterocycles. The molecule has 0 bridgehead atoms. The summed E-state index contributed by atoms with van der Waals surface area (Å²) in [6.07, 6.45) is 0.00495. The molecule has 0 spiro atoms. The molecule has 25 heavy (non-hydrogen) atoms. The molecule has 0 fully saturated rings. The van der Waals surface area contributed by atoms with Crippen LogP contribution in [0.1, 0.15) is 15.9 Å². The third-order valence-electron chi connectivity index (χ3n) is 3.35. The number of carbonyl (C=O) groups excluding carboxylic acids is 2. The van der Waals surface area contributed by atoms with E-state index in [2.05, 4.69) is 10.6 Å². The maximum atomic E-state index is 13.4. The molecule has 0 atom stereocenters. The summed E-state index contributed by atoms with van der Waals surface area (Å²) in [6, 6.07) is 7.91. The summed E-state index contributed by atoms with van der Waals surface area (Å²) in [7, 11) is 0. The van der Waals surface area contributed by atoms with Gasteiger partial charge < -0.3 is 10.6 Å². The molecule has 2 aromatic rings. The van der Waals surface area contributed by atoms with Crippen LogP contribution in [0.25, 0.3) is 0 Å². The van der Waals surface area contributed by atoms with E-state index < -0.39 is 23.4 Å². The van der Waals surface area contributed by atoms with Gasteiger partial charge in [-0.3, -0.25) is 9.59 Å². The van der Waals surface area contributed by atoms with Crippen molar-refractivity contribution in [2.75, 3.05) is 13.1 Å². The quantitative estimate of drug-likeness (QED) is 0.799. The lowest BCUT2D eigenvalue weighted by atomic mass is 10.1. The zero-order chi connectivity index (χ0) is 18.4. The van der Waals surface area contributed by atoms with Crippen molar-refractivity contribution in [1.82, 2.24) is 10.6 Å². The first kappa shape index (κ1) is 19.1. The number of amides is 2. The van der Waals surface area contributed by atoms with Crippen LogP contribution < -0.4 is 10.6 Å². The third-order valence-corrected chi connectivity index (χ3v) is 4.09. The summed E-state index contributed by atoms with van der Waals surface area (Å²) < 4.78 is 26.9. The molecular weight excluding hydrogens is 373 g/mol. The van der Waals surface area contributed by atoms with Gasteiger partial charge in [-0.05, 0) is 36.8 Å². The highest BCUT2D eigenvalue weighted by Crippen LogP contribution is 2.22. The summed E-state index contributed by atoms with van der Waals surface area (Å²) in [4.78, 5) is 23.6. The first-order valence-corrected chi connectivity index (χ1v) is 8.07. The van der Waals surface area contributed by atoms with Crippen molar-refractivity contribution < 1.29 is 18.4 Å². The first-order chi connectivity index (χ1) is 11.9. The van der Waals surface area contributed by atoms with Gasteiger partial charge in [-0.25, -0.2) is 8.78 Å². The van der Waals surface area contributed by atoms with E-state index in [1.54, 1.807) is 0 Å². The van der Waals surface area contributed by atoms with E-state index in [0.717, 1.165) is 12.1 Å². The van der Waals surface area contributed by atoms with Gasteiger partial charge in [-0.2, -0.15) is 0 Å². The number of carbonyl (C=O) groups is 2. The monoisotopic (exact) mass is 386 g/mol. The van der Waals surface area contributed by atoms with Gasteiger partial charge >= 0.3 is 0 Å². The second kappa shape index (κ2) is 8.78. The Morgan fingerprint density at radius 2 is 1.64 bits per heavy atom. The highest BCUT2D eigenvalue weighted by molar-refractivity contribution is 6.42. The van der Waals surface area contributed by atoms with Crippen molar-refractivity contribution in [3.05, 3.63) is 69.2 Å². The standard InChI is InChI=1S/C17H14Cl2F2N2O2/c18-12-5-4-10(8-13(12)19)17(25)23-9-16(24)22-7-6-11-14(20)2-1-3-15(11)21/h1-5,8H,6-7,9H2,(H,22,24)(H,23,25). The van der Waals surface area contributed by atoms with Crippen molar-refractivity contribution in [2.24, 2.45) is 0 Å². The van der Waals surface area contributed by atoms with Crippen molar-refractivity contribution in [3.8, 4) is 0 Å². The Bertz CT molecular complexity index is 780. The molecule has 0 unspecified atom stereocenters. The molecule has 8 heteroatoms. The number of hydrogen-bond donors (Lipinski definition) is 2. The Hall–Kier alpha value is -2.18. The molecular formula is C17H14Cl2F2N2O2. The minimum absolute atomic E-state index is 0.00495. The topological polar surface area (TPSA) is 58.2 Å². The zero-order valence-corrected chi connectivity index (χ0v) is 14.4. The lowest BCUT2D eigenvalue weighted by Gasteiger charge is -2.08. The first-order valence-electron chi connectivity index (χ1n) is 7.31. The Kier molecular flexibility index (Phi) is 6.73. The summed E-state index contributed by atoms with van der Waals surface area (Å²) in [5, 5.41) is 5.44. The highest BCUT2D eigenvalue weighted by Gasteiger charge is 2.11. The van der Waals surface area contributed by atoms with Crippen LogP contribution in [0, 0.1) is 11.6 Å². The molecule has 2 N–H and O–H groups in total. The minimum atomic E-state index is -0.665. The van der Waals surface area contributed by atoms with E-state index in [-0.39, 0.29) is 35.7 Å². The molecule has 0 aliphatic heterocycles. The second-order valence-electron chi connectivity index (χ2n) is 5.11. The van der Waals surface area contributed by atoms with Gasteiger partial charge in [0.2, 0.25) is 5.91 Å². The molecule has 2 rings (SSSR count). The normalized spacial score (nSPS) is 10.4. The molecule has 4 nitrogen and oxygen atoms in total. The molecule has 2 aromatic carbocycles. The second-order valence-corrected chi connectivity index (χ2v) is 5.93. The van der Waals surface area contributed by atoms with E-state index in [1.807, 2.05) is 0 Å². The van der Waals surface area contributed by atoms with Crippen LogP contribution in [0.4, 0.5) is 8.78 Å². The van der Waals surface area contributed by atoms with Crippen LogP contribution in [-0.4, -0.2) is 24.9 Å². The van der Waals surface area contributed by atoms with E-state index in [1.165, 1.54) is 24.3 Å². The number of hydrogen-bond acceptors (Lipinski definition) is 2. The summed E-state index contributed by atoms with van der Waals surface area (Å²) >= 11 is 11.6. The number of nitrogens with one attached hydrogen (secondary N) is 2. The van der Waals surface area contributed by atoms with Crippen LogP contribution in [0.5, 0.6) is 0 Å². The van der Waals surface area contributed by atoms with Crippen molar-refractivity contribution >= 4 is 35.0 Å².